The Morgan fingerprint density at radius 1 is 1.40 bits per heavy atom. The number of fused-ring (bicyclic) bond motifs is 3. The molecule has 74 valence electrons. The molecular weight excluding hydrogens is 204 g/mol. The molecule has 1 saturated heterocycles. The van der Waals surface area contributed by atoms with Gasteiger partial charge in [-0.3, -0.25) is 4.79 Å². The quantitative estimate of drug-likeness (QED) is 0.576. The van der Waals surface area contributed by atoms with Gasteiger partial charge in [-0.2, -0.15) is 0 Å². The summed E-state index contributed by atoms with van der Waals surface area (Å²) in [6, 6.07) is 0. The van der Waals surface area contributed by atoms with Crippen LogP contribution in [0.15, 0.2) is 34.8 Å². The van der Waals surface area contributed by atoms with Gasteiger partial charge in [0.15, 0.2) is 0 Å². The van der Waals surface area contributed by atoms with E-state index in [4.69, 9.17) is 0 Å². The third-order valence-corrected chi connectivity index (χ3v) is 4.13. The maximum absolute atomic E-state index is 11.9. The van der Waals surface area contributed by atoms with Gasteiger partial charge in [-0.05, 0) is 22.6 Å². The van der Waals surface area contributed by atoms with E-state index in [2.05, 4.69) is 24.0 Å². The molecule has 3 aliphatic rings. The predicted octanol–water partition coefficient (Wildman–Crippen LogP) is 2.32. The van der Waals surface area contributed by atoms with E-state index in [1.54, 1.807) is 0 Å². The van der Waals surface area contributed by atoms with E-state index in [1.807, 2.05) is 23.9 Å². The van der Waals surface area contributed by atoms with Crippen molar-refractivity contribution in [3.05, 3.63) is 34.8 Å². The van der Waals surface area contributed by atoms with Crippen LogP contribution in [0.1, 0.15) is 6.42 Å². The second-order valence-electron chi connectivity index (χ2n) is 3.88. The zero-order chi connectivity index (χ0) is 10.3. The third-order valence-electron chi connectivity index (χ3n) is 3.00. The van der Waals surface area contributed by atoms with Crippen LogP contribution in [0.4, 0.5) is 0 Å². The number of carbonyl (C=O) groups excluding carboxylic acids is 1. The van der Waals surface area contributed by atoms with Crippen LogP contribution < -0.4 is 0 Å². The number of allylic oxidation sites excluding steroid dienone is 6. The molecule has 1 heterocycles. The van der Waals surface area contributed by atoms with Crippen LogP contribution in [0.25, 0.3) is 0 Å². The van der Waals surface area contributed by atoms with Crippen molar-refractivity contribution >= 4 is 17.5 Å². The first kappa shape index (κ1) is 9.06. The Hall–Kier alpha value is -1.20. The molecule has 0 saturated carbocycles. The summed E-state index contributed by atoms with van der Waals surface area (Å²) in [4.78, 5) is 13.1. The van der Waals surface area contributed by atoms with Crippen LogP contribution >= 0.6 is 11.8 Å². The van der Waals surface area contributed by atoms with E-state index in [0.717, 1.165) is 5.75 Å². The lowest BCUT2D eigenvalue weighted by molar-refractivity contribution is -0.122. The highest BCUT2D eigenvalue weighted by atomic mass is 32.2. The van der Waals surface area contributed by atoms with Crippen molar-refractivity contribution in [2.75, 3.05) is 5.75 Å². The molecule has 0 aromatic rings. The zero-order valence-corrected chi connectivity index (χ0v) is 9.01. The summed E-state index contributed by atoms with van der Waals surface area (Å²) in [5.74, 6) is 7.59. The predicted molar refractivity (Wildman–Crippen MR) is 62.1 cm³/mol. The molecule has 0 bridgehead atoms. The van der Waals surface area contributed by atoms with Crippen molar-refractivity contribution in [1.29, 1.82) is 0 Å². The van der Waals surface area contributed by atoms with Gasteiger partial charge in [0.05, 0.1) is 11.8 Å². The van der Waals surface area contributed by atoms with Crippen LogP contribution in [0.2, 0.25) is 0 Å². The molecule has 15 heavy (non-hydrogen) atoms. The number of ketones is 1. The van der Waals surface area contributed by atoms with Gasteiger partial charge >= 0.3 is 0 Å². The fourth-order valence-electron chi connectivity index (χ4n) is 2.25. The van der Waals surface area contributed by atoms with Gasteiger partial charge in [0.1, 0.15) is 5.78 Å². The van der Waals surface area contributed by atoms with Crippen molar-refractivity contribution in [2.45, 2.75) is 6.42 Å². The molecule has 2 aliphatic carbocycles. The summed E-state index contributed by atoms with van der Waals surface area (Å²) in [6.45, 7) is 0. The minimum absolute atomic E-state index is 0.0289. The topological polar surface area (TPSA) is 17.1 Å². The second kappa shape index (κ2) is 3.43. The van der Waals surface area contributed by atoms with Crippen molar-refractivity contribution < 1.29 is 4.79 Å². The van der Waals surface area contributed by atoms with Gasteiger partial charge < -0.3 is 0 Å². The van der Waals surface area contributed by atoms with Crippen LogP contribution in [-0.2, 0) is 4.79 Å². The second-order valence-corrected chi connectivity index (χ2v) is 5.05. The number of Topliss-reactive ketones (excluding diaryl/α,β-unsaturated/α-hetero) is 1. The first-order valence-corrected chi connectivity index (χ1v) is 6.10. The number of rotatable bonds is 0. The molecule has 0 N–H and O–H groups in total. The SMILES string of the molecule is O=C1CCSC2=CC=C3C=CC#CC3C12. The van der Waals surface area contributed by atoms with Crippen LogP contribution in [0.5, 0.6) is 0 Å². The third kappa shape index (κ3) is 1.39. The van der Waals surface area contributed by atoms with Crippen LogP contribution in [0, 0.1) is 23.7 Å². The highest BCUT2D eigenvalue weighted by Gasteiger charge is 2.36. The number of carbonyl (C=O) groups is 1. The van der Waals surface area contributed by atoms with E-state index in [0.29, 0.717) is 12.2 Å². The van der Waals surface area contributed by atoms with Crippen LogP contribution in [0.3, 0.4) is 0 Å². The van der Waals surface area contributed by atoms with Gasteiger partial charge in [0.25, 0.3) is 0 Å². The minimum atomic E-state index is 0.0289. The largest absolute Gasteiger partial charge is 0.299 e. The molecule has 2 heteroatoms. The molecule has 0 aromatic carbocycles. The fourth-order valence-corrected chi connectivity index (χ4v) is 3.40. The molecule has 1 fully saturated rings. The van der Waals surface area contributed by atoms with Gasteiger partial charge in [-0.1, -0.05) is 24.0 Å². The highest BCUT2D eigenvalue weighted by molar-refractivity contribution is 8.03. The zero-order valence-electron chi connectivity index (χ0n) is 8.19. The Labute approximate surface area is 93.3 Å². The van der Waals surface area contributed by atoms with Gasteiger partial charge in [-0.25, -0.2) is 0 Å². The smallest absolute Gasteiger partial charge is 0.143 e. The lowest BCUT2D eigenvalue weighted by Gasteiger charge is -2.32. The highest BCUT2D eigenvalue weighted by Crippen LogP contribution is 2.42. The molecule has 0 radical (unpaired) electrons. The first-order chi connectivity index (χ1) is 7.36. The summed E-state index contributed by atoms with van der Waals surface area (Å²) in [5.41, 5.74) is 1.19. The van der Waals surface area contributed by atoms with Crippen molar-refractivity contribution in [3.63, 3.8) is 0 Å². The molecule has 1 aliphatic heterocycles. The number of hydrogen-bond donors (Lipinski definition) is 0. The van der Waals surface area contributed by atoms with Crippen molar-refractivity contribution in [3.8, 4) is 11.8 Å². The molecule has 0 spiro atoms. The normalized spacial score (nSPS) is 31.9. The van der Waals surface area contributed by atoms with Gasteiger partial charge in [0, 0.05) is 12.2 Å². The summed E-state index contributed by atoms with van der Waals surface area (Å²) < 4.78 is 0. The van der Waals surface area contributed by atoms with Gasteiger partial charge in [-0.15, -0.1) is 11.8 Å². The Bertz CT molecular complexity index is 470. The maximum atomic E-state index is 11.9. The Kier molecular flexibility index (Phi) is 2.07. The number of hydrogen-bond acceptors (Lipinski definition) is 2. The fraction of sp³-hybridized carbons (Fsp3) is 0.308. The molecular formula is C13H10OS. The van der Waals surface area contributed by atoms with Gasteiger partial charge in [0.2, 0.25) is 0 Å². The van der Waals surface area contributed by atoms with E-state index in [-0.39, 0.29) is 11.8 Å². The summed E-state index contributed by atoms with van der Waals surface area (Å²) >= 11 is 1.81. The average molecular weight is 214 g/mol. The summed E-state index contributed by atoms with van der Waals surface area (Å²) in [6.07, 6.45) is 8.78. The lowest BCUT2D eigenvalue weighted by Crippen LogP contribution is -2.30. The Morgan fingerprint density at radius 2 is 2.33 bits per heavy atom. The van der Waals surface area contributed by atoms with Crippen molar-refractivity contribution in [1.82, 2.24) is 0 Å². The standard InChI is InChI=1S/C13H10OS/c14-11-7-8-15-12-6-5-9-3-1-2-4-10(9)13(11)12/h1,3,5-6,10,13H,7-8H2. The lowest BCUT2D eigenvalue weighted by atomic mass is 9.77. The molecule has 3 rings (SSSR count). The Balaban J connectivity index is 2.06. The minimum Gasteiger partial charge on any atom is -0.299 e. The molecule has 2 unspecified atom stereocenters. The van der Waals surface area contributed by atoms with E-state index < -0.39 is 0 Å². The molecule has 0 amide bonds. The molecule has 0 aromatic heterocycles. The number of thioether (sulfide) groups is 1. The summed E-state index contributed by atoms with van der Waals surface area (Å²) in [7, 11) is 0. The molecule has 2 atom stereocenters. The molecule has 1 nitrogen and oxygen atoms in total. The summed E-state index contributed by atoms with van der Waals surface area (Å²) in [5, 5.41) is 0. The average Bonchev–Trinajstić information content (AvgIpc) is 2.29. The first-order valence-electron chi connectivity index (χ1n) is 5.11. The monoisotopic (exact) mass is 214 g/mol. The van der Waals surface area contributed by atoms with E-state index in [1.165, 1.54) is 10.5 Å². The van der Waals surface area contributed by atoms with Crippen LogP contribution in [-0.4, -0.2) is 11.5 Å². The van der Waals surface area contributed by atoms with E-state index in [9.17, 15) is 4.79 Å². The maximum Gasteiger partial charge on any atom is 0.143 e. The van der Waals surface area contributed by atoms with Crippen molar-refractivity contribution in [2.24, 2.45) is 11.8 Å². The van der Waals surface area contributed by atoms with E-state index >= 15 is 0 Å². The Morgan fingerprint density at radius 3 is 3.27 bits per heavy atom.